The summed E-state index contributed by atoms with van der Waals surface area (Å²) in [5, 5.41) is 17.2. The minimum atomic E-state index is -0.849. The first-order chi connectivity index (χ1) is 7.50. The molecule has 1 heterocycles. The van der Waals surface area contributed by atoms with Crippen LogP contribution in [0.5, 0.6) is 0 Å². The fraction of sp³-hybridized carbons (Fsp3) is 0.667. The van der Waals surface area contributed by atoms with Crippen molar-refractivity contribution in [2.75, 3.05) is 12.3 Å². The first-order valence-electron chi connectivity index (χ1n) is 4.87. The average molecular weight is 263 g/mol. The first-order valence-corrected chi connectivity index (χ1v) is 6.27. The molecular formula is C9H13NO4S2. The van der Waals surface area contributed by atoms with Gasteiger partial charge in [0.15, 0.2) is 0 Å². The van der Waals surface area contributed by atoms with Crippen LogP contribution in [0.2, 0.25) is 0 Å². The number of hydrogen-bond donors (Lipinski definition) is 2. The number of thioether (sulfide) groups is 1. The van der Waals surface area contributed by atoms with E-state index in [1.54, 1.807) is 0 Å². The molecule has 1 fully saturated rings. The smallest absolute Gasteiger partial charge is 0.305 e. The molecule has 0 aromatic heterocycles. The van der Waals surface area contributed by atoms with Gasteiger partial charge in [-0.1, -0.05) is 24.0 Å². The highest BCUT2D eigenvalue weighted by Gasteiger charge is 2.30. The molecule has 0 amide bonds. The van der Waals surface area contributed by atoms with Gasteiger partial charge in [-0.25, -0.2) is 0 Å². The summed E-state index contributed by atoms with van der Waals surface area (Å²) >= 11 is 6.56. The monoisotopic (exact) mass is 263 g/mol. The van der Waals surface area contributed by atoms with Crippen molar-refractivity contribution in [3.8, 4) is 0 Å². The Kier molecular flexibility index (Phi) is 5.01. The van der Waals surface area contributed by atoms with Crippen LogP contribution in [-0.4, -0.2) is 49.7 Å². The molecule has 2 N–H and O–H groups in total. The molecule has 0 aromatic rings. The molecule has 0 saturated carbocycles. The summed E-state index contributed by atoms with van der Waals surface area (Å²) in [4.78, 5) is 22.8. The molecule has 5 nitrogen and oxygen atoms in total. The summed E-state index contributed by atoms with van der Waals surface area (Å²) in [5.41, 5.74) is 0. The number of aliphatic carboxylic acids is 2. The van der Waals surface area contributed by atoms with Gasteiger partial charge in [0.05, 0.1) is 12.5 Å². The van der Waals surface area contributed by atoms with E-state index in [1.165, 1.54) is 11.8 Å². The lowest BCUT2D eigenvalue weighted by Gasteiger charge is -2.23. The summed E-state index contributed by atoms with van der Waals surface area (Å²) in [6.45, 7) is 0.524. The third-order valence-electron chi connectivity index (χ3n) is 2.27. The largest absolute Gasteiger partial charge is 0.481 e. The lowest BCUT2D eigenvalue weighted by atomic mass is 10.2. The van der Waals surface area contributed by atoms with Crippen LogP contribution in [-0.2, 0) is 9.59 Å². The van der Waals surface area contributed by atoms with E-state index in [0.29, 0.717) is 23.0 Å². The number of carboxylic acids is 2. The Labute approximate surface area is 103 Å². The molecule has 1 rings (SSSR count). The van der Waals surface area contributed by atoms with E-state index in [9.17, 15) is 9.59 Å². The van der Waals surface area contributed by atoms with Gasteiger partial charge in [-0.3, -0.25) is 9.59 Å². The number of hydrogen-bond acceptors (Lipinski definition) is 4. The topological polar surface area (TPSA) is 77.8 Å². The van der Waals surface area contributed by atoms with Crippen molar-refractivity contribution < 1.29 is 19.8 Å². The lowest BCUT2D eigenvalue weighted by Crippen LogP contribution is -2.35. The number of carbonyl (C=O) groups is 2. The third-order valence-corrected chi connectivity index (χ3v) is 3.90. The Morgan fingerprint density at radius 2 is 2.12 bits per heavy atom. The molecule has 0 aromatic carbocycles. The van der Waals surface area contributed by atoms with Gasteiger partial charge in [-0.15, -0.1) is 0 Å². The molecule has 1 unspecified atom stereocenters. The van der Waals surface area contributed by atoms with Crippen LogP contribution in [0.15, 0.2) is 0 Å². The average Bonchev–Trinajstić information content (AvgIpc) is 2.48. The molecule has 1 aliphatic heterocycles. The van der Waals surface area contributed by atoms with Crippen molar-refractivity contribution in [2.45, 2.75) is 25.3 Å². The summed E-state index contributed by atoms with van der Waals surface area (Å²) in [5.74, 6) is -1.01. The molecule has 0 aliphatic carbocycles. The summed E-state index contributed by atoms with van der Waals surface area (Å²) in [7, 11) is 0. The minimum Gasteiger partial charge on any atom is -0.481 e. The number of thiocarbonyl (C=S) groups is 1. The zero-order chi connectivity index (χ0) is 12.1. The molecule has 1 atom stereocenters. The highest BCUT2D eigenvalue weighted by molar-refractivity contribution is 8.23. The predicted molar refractivity (Wildman–Crippen MR) is 64.7 cm³/mol. The zero-order valence-corrected chi connectivity index (χ0v) is 10.2. The van der Waals surface area contributed by atoms with Gasteiger partial charge < -0.3 is 15.1 Å². The van der Waals surface area contributed by atoms with E-state index in [4.69, 9.17) is 22.4 Å². The van der Waals surface area contributed by atoms with Gasteiger partial charge in [0.1, 0.15) is 4.32 Å². The maximum atomic E-state index is 10.6. The standard InChI is InChI=1S/C9H13NO4S2/c11-7(12)2-1-3-10-6(4-8(13)14)5-16-9(10)15/h6H,1-5H2,(H,11,12)(H,13,14). The summed E-state index contributed by atoms with van der Waals surface area (Å²) in [6.07, 6.45) is 0.635. The second-order valence-corrected chi connectivity index (χ2v) is 5.17. The van der Waals surface area contributed by atoms with Crippen molar-refractivity contribution in [3.05, 3.63) is 0 Å². The lowest BCUT2D eigenvalue weighted by molar-refractivity contribution is -0.139. The first kappa shape index (κ1) is 13.2. The quantitative estimate of drug-likeness (QED) is 0.693. The van der Waals surface area contributed by atoms with E-state index in [1.807, 2.05) is 4.90 Å². The second-order valence-electron chi connectivity index (χ2n) is 3.52. The molecule has 1 saturated heterocycles. The van der Waals surface area contributed by atoms with E-state index >= 15 is 0 Å². The van der Waals surface area contributed by atoms with Gasteiger partial charge in [0.2, 0.25) is 0 Å². The van der Waals surface area contributed by atoms with Crippen LogP contribution in [0.1, 0.15) is 19.3 Å². The predicted octanol–water partition coefficient (Wildman–Crippen LogP) is 1.03. The zero-order valence-electron chi connectivity index (χ0n) is 8.59. The summed E-state index contributed by atoms with van der Waals surface area (Å²) in [6, 6.07) is -0.0937. The van der Waals surface area contributed by atoms with E-state index in [-0.39, 0.29) is 18.9 Å². The normalized spacial score (nSPS) is 20.1. The fourth-order valence-electron chi connectivity index (χ4n) is 1.53. The van der Waals surface area contributed by atoms with Gasteiger partial charge >= 0.3 is 11.9 Å². The molecular weight excluding hydrogens is 250 g/mol. The Hall–Kier alpha value is -0.820. The molecule has 0 spiro atoms. The van der Waals surface area contributed by atoms with E-state index in [0.717, 1.165) is 0 Å². The van der Waals surface area contributed by atoms with Crippen molar-refractivity contribution in [3.63, 3.8) is 0 Å². The van der Waals surface area contributed by atoms with Crippen molar-refractivity contribution in [1.82, 2.24) is 4.90 Å². The maximum absolute atomic E-state index is 10.6. The van der Waals surface area contributed by atoms with Gasteiger partial charge in [0.25, 0.3) is 0 Å². The van der Waals surface area contributed by atoms with Gasteiger partial charge in [-0.05, 0) is 6.42 Å². The Morgan fingerprint density at radius 1 is 1.44 bits per heavy atom. The van der Waals surface area contributed by atoms with Crippen LogP contribution < -0.4 is 0 Å². The van der Waals surface area contributed by atoms with Crippen molar-refractivity contribution in [2.24, 2.45) is 0 Å². The van der Waals surface area contributed by atoms with Crippen LogP contribution in [0.4, 0.5) is 0 Å². The van der Waals surface area contributed by atoms with Crippen LogP contribution in [0, 0.1) is 0 Å². The minimum absolute atomic E-state index is 0.0558. The third kappa shape index (κ3) is 3.97. The summed E-state index contributed by atoms with van der Waals surface area (Å²) < 4.78 is 0.677. The molecule has 0 radical (unpaired) electrons. The fourth-order valence-corrected chi connectivity index (χ4v) is 3.02. The van der Waals surface area contributed by atoms with Crippen LogP contribution in [0.25, 0.3) is 0 Å². The van der Waals surface area contributed by atoms with Crippen LogP contribution >= 0.6 is 24.0 Å². The Morgan fingerprint density at radius 3 is 2.69 bits per heavy atom. The van der Waals surface area contributed by atoms with E-state index in [2.05, 4.69) is 0 Å². The van der Waals surface area contributed by atoms with Gasteiger partial charge in [-0.2, -0.15) is 0 Å². The maximum Gasteiger partial charge on any atom is 0.305 e. The van der Waals surface area contributed by atoms with Gasteiger partial charge in [0, 0.05) is 18.7 Å². The SMILES string of the molecule is O=C(O)CCCN1C(=S)SCC1CC(=O)O. The molecule has 16 heavy (non-hydrogen) atoms. The second kappa shape index (κ2) is 6.05. The number of carboxylic acid groups (broad SMARTS) is 2. The number of rotatable bonds is 6. The molecule has 1 aliphatic rings. The molecule has 90 valence electrons. The van der Waals surface area contributed by atoms with Crippen molar-refractivity contribution >= 4 is 40.2 Å². The number of nitrogens with zero attached hydrogens (tertiary/aromatic N) is 1. The Bertz CT molecular complexity index is 308. The van der Waals surface area contributed by atoms with E-state index < -0.39 is 11.9 Å². The highest BCUT2D eigenvalue weighted by atomic mass is 32.2. The van der Waals surface area contributed by atoms with Crippen LogP contribution in [0.3, 0.4) is 0 Å². The molecule has 0 bridgehead atoms. The highest BCUT2D eigenvalue weighted by Crippen LogP contribution is 2.26. The van der Waals surface area contributed by atoms with Crippen molar-refractivity contribution in [1.29, 1.82) is 0 Å². The Balaban J connectivity index is 2.43. The molecule has 7 heteroatoms.